The molecule has 4 nitrogen and oxygen atoms in total. The van der Waals surface area contributed by atoms with Gasteiger partial charge < -0.3 is 4.90 Å². The Kier molecular flexibility index (Phi) is 3.71. The molecule has 0 amide bonds. The third-order valence-electron chi connectivity index (χ3n) is 4.26. The Balaban J connectivity index is 1.57. The summed E-state index contributed by atoms with van der Waals surface area (Å²) in [6, 6.07) is 8.92. The predicted molar refractivity (Wildman–Crippen MR) is 87.1 cm³/mol. The molecule has 0 radical (unpaired) electrons. The number of fused-ring (bicyclic) bond motifs is 1. The molecule has 0 spiro atoms. The van der Waals surface area contributed by atoms with Crippen LogP contribution in [0.1, 0.15) is 24.1 Å². The van der Waals surface area contributed by atoms with E-state index in [0.29, 0.717) is 6.04 Å². The molecule has 1 N–H and O–H groups in total. The molecule has 2 heterocycles. The van der Waals surface area contributed by atoms with E-state index in [1.807, 2.05) is 17.5 Å². The second-order valence-corrected chi connectivity index (χ2v) is 6.93. The predicted octanol–water partition coefficient (Wildman–Crippen LogP) is 1.64. The fourth-order valence-electron chi connectivity index (χ4n) is 2.92. The van der Waals surface area contributed by atoms with Crippen molar-refractivity contribution >= 4 is 16.3 Å². The highest BCUT2D eigenvalue weighted by Crippen LogP contribution is 2.16. The fourth-order valence-corrected chi connectivity index (χ4v) is 3.66. The van der Waals surface area contributed by atoms with Crippen molar-refractivity contribution in [3.63, 3.8) is 0 Å². The maximum atomic E-state index is 13.1. The van der Waals surface area contributed by atoms with Crippen LogP contribution in [0.2, 0.25) is 0 Å². The molecule has 0 bridgehead atoms. The molecule has 1 saturated carbocycles. The molecule has 2 aromatic heterocycles. The van der Waals surface area contributed by atoms with Crippen molar-refractivity contribution in [3.8, 4) is 0 Å². The first-order valence-electron chi connectivity index (χ1n) is 7.74. The van der Waals surface area contributed by atoms with Crippen molar-refractivity contribution in [1.82, 2.24) is 9.38 Å². The topological polar surface area (TPSA) is 38.8 Å². The normalized spacial score (nSPS) is 15.9. The van der Waals surface area contributed by atoms with Gasteiger partial charge in [-0.1, -0.05) is 12.1 Å². The molecule has 23 heavy (non-hydrogen) atoms. The van der Waals surface area contributed by atoms with Crippen LogP contribution in [0.3, 0.4) is 0 Å². The third-order valence-corrected chi connectivity index (χ3v) is 5.02. The van der Waals surface area contributed by atoms with Gasteiger partial charge in [-0.25, -0.2) is 9.37 Å². The maximum absolute atomic E-state index is 13.1. The molecule has 3 aromatic rings. The minimum atomic E-state index is -0.209. The molecule has 0 aliphatic heterocycles. The van der Waals surface area contributed by atoms with E-state index in [4.69, 9.17) is 0 Å². The maximum Gasteiger partial charge on any atom is 0.258 e. The van der Waals surface area contributed by atoms with E-state index in [0.717, 1.165) is 29.3 Å². The highest BCUT2D eigenvalue weighted by atomic mass is 32.1. The van der Waals surface area contributed by atoms with E-state index in [1.54, 1.807) is 16.7 Å². The SMILES string of the molecule is O=c1cc(C[NH+](Cc2ccc(F)cc2)C2CC2)nc2sccn12. The number of hydrogen-bond donors (Lipinski definition) is 1. The zero-order chi connectivity index (χ0) is 15.8. The number of aromatic nitrogens is 2. The number of halogens is 1. The first-order chi connectivity index (χ1) is 11.2. The van der Waals surface area contributed by atoms with Crippen molar-refractivity contribution in [2.75, 3.05) is 0 Å². The van der Waals surface area contributed by atoms with Gasteiger partial charge in [0, 0.05) is 36.0 Å². The van der Waals surface area contributed by atoms with Gasteiger partial charge in [-0.15, -0.1) is 11.3 Å². The highest BCUT2D eigenvalue weighted by molar-refractivity contribution is 7.15. The van der Waals surface area contributed by atoms with Gasteiger partial charge in [0.05, 0.1) is 6.04 Å². The average molecular weight is 330 g/mol. The number of nitrogens with one attached hydrogen (secondary N) is 1. The highest BCUT2D eigenvalue weighted by Gasteiger charge is 2.33. The zero-order valence-electron chi connectivity index (χ0n) is 12.5. The van der Waals surface area contributed by atoms with Gasteiger partial charge in [0.25, 0.3) is 5.56 Å². The second kappa shape index (κ2) is 5.86. The lowest BCUT2D eigenvalue weighted by atomic mass is 10.2. The van der Waals surface area contributed by atoms with Crippen molar-refractivity contribution < 1.29 is 9.29 Å². The minimum Gasteiger partial charge on any atom is -0.324 e. The molecule has 1 aromatic carbocycles. The fraction of sp³-hybridized carbons (Fsp3) is 0.294. The van der Waals surface area contributed by atoms with Gasteiger partial charge in [-0.2, -0.15) is 0 Å². The van der Waals surface area contributed by atoms with E-state index in [2.05, 4.69) is 4.98 Å². The molecule has 0 saturated heterocycles. The summed E-state index contributed by atoms with van der Waals surface area (Å²) in [7, 11) is 0. The number of thiazole rings is 1. The Morgan fingerprint density at radius 3 is 2.78 bits per heavy atom. The summed E-state index contributed by atoms with van der Waals surface area (Å²) >= 11 is 1.47. The summed E-state index contributed by atoms with van der Waals surface area (Å²) < 4.78 is 14.6. The number of quaternary nitrogens is 1. The lowest BCUT2D eigenvalue weighted by Gasteiger charge is -2.19. The van der Waals surface area contributed by atoms with Crippen LogP contribution in [0, 0.1) is 5.82 Å². The molecular weight excluding hydrogens is 313 g/mol. The van der Waals surface area contributed by atoms with E-state index >= 15 is 0 Å². The lowest BCUT2D eigenvalue weighted by Crippen LogP contribution is -3.10. The van der Waals surface area contributed by atoms with Gasteiger partial charge in [-0.3, -0.25) is 9.20 Å². The molecule has 1 aliphatic rings. The Morgan fingerprint density at radius 2 is 2.04 bits per heavy atom. The molecular formula is C17H17FN3OS+. The number of rotatable bonds is 5. The van der Waals surface area contributed by atoms with Gasteiger partial charge >= 0.3 is 0 Å². The number of benzene rings is 1. The van der Waals surface area contributed by atoms with E-state index in [1.165, 1.54) is 41.2 Å². The van der Waals surface area contributed by atoms with Crippen molar-refractivity contribution in [3.05, 3.63) is 69.3 Å². The summed E-state index contributed by atoms with van der Waals surface area (Å²) in [5.74, 6) is -0.209. The summed E-state index contributed by atoms with van der Waals surface area (Å²) in [6.45, 7) is 1.56. The van der Waals surface area contributed by atoms with Crippen LogP contribution in [0.25, 0.3) is 4.96 Å². The first-order valence-corrected chi connectivity index (χ1v) is 8.62. The Morgan fingerprint density at radius 1 is 1.26 bits per heavy atom. The zero-order valence-corrected chi connectivity index (χ0v) is 13.4. The smallest absolute Gasteiger partial charge is 0.258 e. The summed E-state index contributed by atoms with van der Waals surface area (Å²) in [5.41, 5.74) is 1.92. The molecule has 6 heteroatoms. The van der Waals surface area contributed by atoms with Gasteiger partial charge in [0.15, 0.2) is 4.96 Å². The van der Waals surface area contributed by atoms with Crippen LogP contribution < -0.4 is 10.5 Å². The Hall–Kier alpha value is -2.05. The van der Waals surface area contributed by atoms with Crippen molar-refractivity contribution in [1.29, 1.82) is 0 Å². The molecule has 118 valence electrons. The largest absolute Gasteiger partial charge is 0.324 e. The molecule has 1 unspecified atom stereocenters. The van der Waals surface area contributed by atoms with E-state index < -0.39 is 0 Å². The van der Waals surface area contributed by atoms with E-state index in [-0.39, 0.29) is 11.4 Å². The van der Waals surface area contributed by atoms with Crippen LogP contribution >= 0.6 is 11.3 Å². The summed E-state index contributed by atoms with van der Waals surface area (Å²) in [6.07, 6.45) is 4.16. The summed E-state index contributed by atoms with van der Waals surface area (Å²) in [5, 5.41) is 1.87. The van der Waals surface area contributed by atoms with Crippen LogP contribution in [-0.4, -0.2) is 15.4 Å². The number of nitrogens with zero attached hydrogens (tertiary/aromatic N) is 2. The quantitative estimate of drug-likeness (QED) is 0.772. The van der Waals surface area contributed by atoms with Crippen molar-refractivity contribution in [2.24, 2.45) is 0 Å². The summed E-state index contributed by atoms with van der Waals surface area (Å²) in [4.78, 5) is 18.8. The second-order valence-electron chi connectivity index (χ2n) is 6.05. The van der Waals surface area contributed by atoms with Gasteiger partial charge in [-0.05, 0) is 12.1 Å². The molecule has 4 rings (SSSR count). The third kappa shape index (κ3) is 3.18. The van der Waals surface area contributed by atoms with Crippen LogP contribution in [-0.2, 0) is 13.1 Å². The van der Waals surface area contributed by atoms with E-state index in [9.17, 15) is 9.18 Å². The number of hydrogen-bond acceptors (Lipinski definition) is 3. The molecule has 1 aliphatic carbocycles. The average Bonchev–Trinajstić information content (AvgIpc) is 3.27. The van der Waals surface area contributed by atoms with Crippen LogP contribution in [0.15, 0.2) is 46.7 Å². The Bertz CT molecular complexity index is 883. The minimum absolute atomic E-state index is 0.0248. The molecule has 1 atom stereocenters. The lowest BCUT2D eigenvalue weighted by molar-refractivity contribution is -0.938. The van der Waals surface area contributed by atoms with Crippen LogP contribution in [0.5, 0.6) is 0 Å². The Labute approximate surface area is 136 Å². The molecule has 1 fully saturated rings. The standard InChI is InChI=1S/C17H16FN3OS/c18-13-3-1-12(2-4-13)10-20(15-5-6-15)11-14-9-16(22)21-7-8-23-17(21)19-14/h1-4,7-9,15H,5-6,10-11H2/p+1. The first kappa shape index (κ1) is 14.5. The van der Waals surface area contributed by atoms with Crippen molar-refractivity contribution in [2.45, 2.75) is 32.0 Å². The van der Waals surface area contributed by atoms with Crippen LogP contribution in [0.4, 0.5) is 4.39 Å². The van der Waals surface area contributed by atoms with Gasteiger partial charge in [0.1, 0.15) is 24.6 Å². The van der Waals surface area contributed by atoms with Gasteiger partial charge in [0.2, 0.25) is 0 Å². The monoisotopic (exact) mass is 330 g/mol.